The van der Waals surface area contributed by atoms with E-state index in [9.17, 15) is 14.4 Å². The van der Waals surface area contributed by atoms with Gasteiger partial charge in [0.25, 0.3) is 0 Å². The normalized spacial score (nSPS) is 12.6. The molecule has 0 aromatic carbocycles. The summed E-state index contributed by atoms with van der Waals surface area (Å²) in [5.41, 5.74) is 0. The Labute approximate surface area is 427 Å². The fourth-order valence-electron chi connectivity index (χ4n) is 8.29. The topological polar surface area (TPSA) is 78.9 Å². The van der Waals surface area contributed by atoms with Gasteiger partial charge >= 0.3 is 17.9 Å². The van der Waals surface area contributed by atoms with E-state index in [0.717, 1.165) is 89.9 Å². The molecule has 0 aromatic heterocycles. The van der Waals surface area contributed by atoms with Crippen molar-refractivity contribution in [3.63, 3.8) is 0 Å². The van der Waals surface area contributed by atoms with Gasteiger partial charge in [0.2, 0.25) is 0 Å². The van der Waals surface area contributed by atoms with Crippen LogP contribution in [-0.2, 0) is 28.6 Å². The molecule has 0 aliphatic heterocycles. The van der Waals surface area contributed by atoms with Crippen molar-refractivity contribution >= 4 is 17.9 Å². The highest BCUT2D eigenvalue weighted by Gasteiger charge is 2.19. The molecule has 6 heteroatoms. The van der Waals surface area contributed by atoms with Crippen molar-refractivity contribution in [2.24, 2.45) is 0 Å². The van der Waals surface area contributed by atoms with Crippen LogP contribution in [0, 0.1) is 0 Å². The molecule has 0 aromatic rings. The van der Waals surface area contributed by atoms with Crippen LogP contribution in [0.25, 0.3) is 0 Å². The lowest BCUT2D eigenvalue weighted by Crippen LogP contribution is -2.30. The summed E-state index contributed by atoms with van der Waals surface area (Å²) >= 11 is 0. The van der Waals surface area contributed by atoms with Gasteiger partial charge in [-0.1, -0.05) is 254 Å². The summed E-state index contributed by atoms with van der Waals surface area (Å²) in [6.45, 7) is 6.49. The number of allylic oxidation sites excluding steroid dienone is 12. The van der Waals surface area contributed by atoms with Gasteiger partial charge in [-0.15, -0.1) is 0 Å². The van der Waals surface area contributed by atoms with E-state index in [1.165, 1.54) is 161 Å². The van der Waals surface area contributed by atoms with Gasteiger partial charge in [0, 0.05) is 19.3 Å². The average molecular weight is 964 g/mol. The fourth-order valence-corrected chi connectivity index (χ4v) is 8.29. The maximum absolute atomic E-state index is 12.9. The summed E-state index contributed by atoms with van der Waals surface area (Å²) in [6, 6.07) is 0. The Kier molecular flexibility index (Phi) is 54.8. The second-order valence-corrected chi connectivity index (χ2v) is 19.5. The molecule has 0 unspecified atom stereocenters. The lowest BCUT2D eigenvalue weighted by molar-refractivity contribution is -0.167. The summed E-state index contributed by atoms with van der Waals surface area (Å²) in [7, 11) is 0. The molecule has 0 bridgehead atoms. The zero-order valence-electron chi connectivity index (χ0n) is 45.6. The molecule has 0 saturated heterocycles. The summed E-state index contributed by atoms with van der Waals surface area (Å²) in [4.78, 5) is 38.2. The van der Waals surface area contributed by atoms with Gasteiger partial charge in [0.15, 0.2) is 6.10 Å². The lowest BCUT2D eigenvalue weighted by Gasteiger charge is -2.18. The first kappa shape index (κ1) is 65.8. The van der Waals surface area contributed by atoms with Crippen LogP contribution in [0.5, 0.6) is 0 Å². The number of hydrogen-bond donors (Lipinski definition) is 0. The highest BCUT2D eigenvalue weighted by molar-refractivity contribution is 5.71. The van der Waals surface area contributed by atoms with Crippen LogP contribution in [0.3, 0.4) is 0 Å². The number of ether oxygens (including phenoxy) is 3. The first-order valence-corrected chi connectivity index (χ1v) is 29.4. The zero-order valence-corrected chi connectivity index (χ0v) is 45.6. The van der Waals surface area contributed by atoms with Crippen molar-refractivity contribution in [1.82, 2.24) is 0 Å². The van der Waals surface area contributed by atoms with E-state index in [0.29, 0.717) is 19.3 Å². The van der Waals surface area contributed by atoms with E-state index in [1.54, 1.807) is 0 Å². The average Bonchev–Trinajstić information content (AvgIpc) is 3.35. The zero-order chi connectivity index (χ0) is 50.0. The van der Waals surface area contributed by atoms with Gasteiger partial charge in [-0.05, 0) is 89.9 Å². The molecular weight excluding hydrogens is 853 g/mol. The largest absolute Gasteiger partial charge is 0.462 e. The van der Waals surface area contributed by atoms with Crippen LogP contribution >= 0.6 is 0 Å². The number of carbonyl (C=O) groups excluding carboxylic acids is 3. The first-order chi connectivity index (χ1) is 34.0. The maximum Gasteiger partial charge on any atom is 0.306 e. The maximum atomic E-state index is 12.9. The molecule has 0 amide bonds. The molecule has 0 rings (SSSR count). The van der Waals surface area contributed by atoms with Gasteiger partial charge < -0.3 is 14.2 Å². The fraction of sp³-hybridized carbons (Fsp3) is 0.762. The van der Waals surface area contributed by atoms with Crippen molar-refractivity contribution in [2.45, 2.75) is 297 Å². The molecule has 0 saturated carbocycles. The molecule has 0 heterocycles. The van der Waals surface area contributed by atoms with Crippen LogP contribution < -0.4 is 0 Å². The van der Waals surface area contributed by atoms with Crippen molar-refractivity contribution in [3.05, 3.63) is 72.9 Å². The van der Waals surface area contributed by atoms with E-state index < -0.39 is 6.10 Å². The molecular formula is C63H110O6. The number of carbonyl (C=O) groups is 3. The number of hydrogen-bond acceptors (Lipinski definition) is 6. The number of rotatable bonds is 53. The summed E-state index contributed by atoms with van der Waals surface area (Å²) in [5, 5.41) is 0. The predicted molar refractivity (Wildman–Crippen MR) is 298 cm³/mol. The second-order valence-electron chi connectivity index (χ2n) is 19.5. The monoisotopic (exact) mass is 963 g/mol. The highest BCUT2D eigenvalue weighted by atomic mass is 16.6. The second kappa shape index (κ2) is 57.4. The van der Waals surface area contributed by atoms with Crippen molar-refractivity contribution < 1.29 is 28.6 Å². The molecule has 0 fully saturated rings. The molecule has 0 aliphatic rings. The molecule has 69 heavy (non-hydrogen) atoms. The number of unbranched alkanes of at least 4 members (excludes halogenated alkanes) is 30. The van der Waals surface area contributed by atoms with E-state index in [1.807, 2.05) is 0 Å². The van der Waals surface area contributed by atoms with Crippen molar-refractivity contribution in [2.75, 3.05) is 13.2 Å². The smallest absolute Gasteiger partial charge is 0.306 e. The molecule has 0 N–H and O–H groups in total. The minimum Gasteiger partial charge on any atom is -0.462 e. The minimum atomic E-state index is -0.794. The Hall–Kier alpha value is -3.15. The summed E-state index contributed by atoms with van der Waals surface area (Å²) in [5.74, 6) is -0.924. The van der Waals surface area contributed by atoms with Crippen LogP contribution in [-0.4, -0.2) is 37.2 Å². The van der Waals surface area contributed by atoms with E-state index in [-0.39, 0.29) is 31.1 Å². The Morgan fingerprint density at radius 2 is 0.565 bits per heavy atom. The summed E-state index contributed by atoms with van der Waals surface area (Å²) < 4.78 is 16.9. The Balaban J connectivity index is 4.41. The molecule has 398 valence electrons. The van der Waals surface area contributed by atoms with Gasteiger partial charge in [-0.3, -0.25) is 14.4 Å². The van der Waals surface area contributed by atoms with Gasteiger partial charge in [0.05, 0.1) is 0 Å². The van der Waals surface area contributed by atoms with Crippen molar-refractivity contribution in [1.29, 1.82) is 0 Å². The third kappa shape index (κ3) is 55.6. The van der Waals surface area contributed by atoms with Crippen molar-refractivity contribution in [3.8, 4) is 0 Å². The van der Waals surface area contributed by atoms with Gasteiger partial charge in [-0.2, -0.15) is 0 Å². The minimum absolute atomic E-state index is 0.0878. The van der Waals surface area contributed by atoms with Crippen LogP contribution in [0.2, 0.25) is 0 Å². The third-order valence-electron chi connectivity index (χ3n) is 12.7. The Bertz CT molecular complexity index is 1290. The Morgan fingerprint density at radius 1 is 0.304 bits per heavy atom. The third-order valence-corrected chi connectivity index (χ3v) is 12.7. The highest BCUT2D eigenvalue weighted by Crippen LogP contribution is 2.16. The van der Waals surface area contributed by atoms with E-state index >= 15 is 0 Å². The Morgan fingerprint density at radius 3 is 0.942 bits per heavy atom. The molecule has 1 atom stereocenters. The summed E-state index contributed by atoms with van der Waals surface area (Å²) in [6.07, 6.45) is 73.2. The first-order valence-electron chi connectivity index (χ1n) is 29.4. The molecule has 0 aliphatic carbocycles. The van der Waals surface area contributed by atoms with E-state index in [4.69, 9.17) is 14.2 Å². The van der Waals surface area contributed by atoms with Gasteiger partial charge in [-0.25, -0.2) is 0 Å². The van der Waals surface area contributed by atoms with Crippen LogP contribution in [0.1, 0.15) is 290 Å². The van der Waals surface area contributed by atoms with E-state index in [2.05, 4.69) is 93.7 Å². The predicted octanol–water partition coefficient (Wildman–Crippen LogP) is 19.8. The molecule has 0 spiro atoms. The quantitative estimate of drug-likeness (QED) is 0.0262. The molecule has 6 nitrogen and oxygen atoms in total. The lowest BCUT2D eigenvalue weighted by atomic mass is 10.0. The van der Waals surface area contributed by atoms with Gasteiger partial charge in [0.1, 0.15) is 13.2 Å². The SMILES string of the molecule is CC/C=C\C/C=C\C/C=C\C/C=C\CCCCC(=O)OC[C@H](COC(=O)CCCCCCCCCCCCCCCCCCC)OC(=O)CCCCCCCCCCC/C=C\C/C=C\CCCCC. The standard InChI is InChI=1S/C63H110O6/c1-4-7-10-13-16-19-22-25-28-30-31-33-36-39-42-45-48-51-54-57-63(66)69-60(58-67-61(64)55-52-49-46-43-40-37-34-27-24-21-18-15-12-9-6-3)59-68-62(65)56-53-50-47-44-41-38-35-32-29-26-23-20-17-14-11-8-5-2/h9,12,16,18-19,21,25,27-28,34,40,43,60H,4-8,10-11,13-15,17,20,22-24,26,29-33,35-39,41-42,44-59H2,1-3H3/b12-9-,19-16-,21-18-,28-25-,34-27-,43-40-/t60-/m1/s1. The van der Waals surface area contributed by atoms with Crippen LogP contribution in [0.4, 0.5) is 0 Å². The number of esters is 3. The molecule has 0 radical (unpaired) electrons. The van der Waals surface area contributed by atoms with Crippen LogP contribution in [0.15, 0.2) is 72.9 Å².